The largest absolute Gasteiger partial charge is 0.462 e. The predicted molar refractivity (Wildman–Crippen MR) is 110 cm³/mol. The van der Waals surface area contributed by atoms with Gasteiger partial charge in [0.2, 0.25) is 5.91 Å². The van der Waals surface area contributed by atoms with Crippen LogP contribution in [-0.4, -0.2) is 44.3 Å². The molecule has 7 nitrogen and oxygen atoms in total. The topological polar surface area (TPSA) is 92.8 Å². The van der Waals surface area contributed by atoms with Gasteiger partial charge in [0.15, 0.2) is 0 Å². The molecule has 1 aliphatic heterocycles. The van der Waals surface area contributed by atoms with E-state index in [0.29, 0.717) is 34.3 Å². The Kier molecular flexibility index (Phi) is 6.77. The summed E-state index contributed by atoms with van der Waals surface area (Å²) in [5.41, 5.74) is 0.300. The lowest BCUT2D eigenvalue weighted by atomic mass is 9.99. The zero-order valence-electron chi connectivity index (χ0n) is 15.0. The van der Waals surface area contributed by atoms with Gasteiger partial charge >= 0.3 is 5.97 Å². The molecule has 1 unspecified atom stereocenters. The SMILES string of the molecule is CCOC(=O)c1ccsc1NC(=O)C1CCCN(S(=O)(=O)c2ccc(Cl)s2)C1. The molecule has 0 aromatic carbocycles. The average molecular weight is 463 g/mol. The fourth-order valence-corrected chi connectivity index (χ4v) is 6.87. The van der Waals surface area contributed by atoms with Crippen molar-refractivity contribution < 1.29 is 22.7 Å². The molecule has 0 spiro atoms. The van der Waals surface area contributed by atoms with Crippen LogP contribution >= 0.6 is 34.3 Å². The molecule has 0 bridgehead atoms. The molecule has 2 aromatic heterocycles. The van der Waals surface area contributed by atoms with Crippen LogP contribution in [0.25, 0.3) is 0 Å². The number of piperidine rings is 1. The minimum Gasteiger partial charge on any atom is -0.462 e. The lowest BCUT2D eigenvalue weighted by molar-refractivity contribution is -0.120. The van der Waals surface area contributed by atoms with Crippen LogP contribution < -0.4 is 5.32 Å². The highest BCUT2D eigenvalue weighted by molar-refractivity contribution is 7.91. The molecule has 1 saturated heterocycles. The van der Waals surface area contributed by atoms with Crippen LogP contribution in [-0.2, 0) is 19.6 Å². The number of thiophene rings is 2. The van der Waals surface area contributed by atoms with Crippen molar-refractivity contribution >= 4 is 61.2 Å². The quantitative estimate of drug-likeness (QED) is 0.661. The Morgan fingerprint density at radius 2 is 2.14 bits per heavy atom. The monoisotopic (exact) mass is 462 g/mol. The summed E-state index contributed by atoms with van der Waals surface area (Å²) in [6.45, 7) is 2.39. The number of carbonyl (C=O) groups is 2. The molecule has 1 aliphatic rings. The third kappa shape index (κ3) is 4.57. The van der Waals surface area contributed by atoms with Gasteiger partial charge in [0.25, 0.3) is 10.0 Å². The second-order valence-electron chi connectivity index (χ2n) is 6.13. The molecule has 0 saturated carbocycles. The van der Waals surface area contributed by atoms with Gasteiger partial charge < -0.3 is 10.1 Å². The van der Waals surface area contributed by atoms with Crippen molar-refractivity contribution in [1.82, 2.24) is 4.31 Å². The second kappa shape index (κ2) is 8.91. The van der Waals surface area contributed by atoms with E-state index in [-0.39, 0.29) is 23.3 Å². The standard InChI is InChI=1S/C17H19ClN2O5S3/c1-2-25-17(22)12-7-9-26-16(12)19-15(21)11-4-3-8-20(10-11)28(23,24)14-6-5-13(18)27-14/h5-7,9,11H,2-4,8,10H2,1H3,(H,19,21). The van der Waals surface area contributed by atoms with Gasteiger partial charge in [0.1, 0.15) is 9.21 Å². The highest BCUT2D eigenvalue weighted by Crippen LogP contribution is 2.31. The van der Waals surface area contributed by atoms with Gasteiger partial charge in [-0.1, -0.05) is 11.6 Å². The molecule has 11 heteroatoms. The lowest BCUT2D eigenvalue weighted by Crippen LogP contribution is -2.43. The van der Waals surface area contributed by atoms with Crippen molar-refractivity contribution in [2.75, 3.05) is 25.0 Å². The van der Waals surface area contributed by atoms with E-state index in [0.717, 1.165) is 11.3 Å². The maximum atomic E-state index is 12.8. The van der Waals surface area contributed by atoms with Gasteiger partial charge in [-0.15, -0.1) is 22.7 Å². The first-order chi connectivity index (χ1) is 13.3. The predicted octanol–water partition coefficient (Wildman–Crippen LogP) is 3.68. The maximum Gasteiger partial charge on any atom is 0.341 e. The molecule has 3 heterocycles. The van der Waals surface area contributed by atoms with Crippen LogP contribution in [0.1, 0.15) is 30.1 Å². The van der Waals surface area contributed by atoms with Crippen LogP contribution in [0, 0.1) is 5.92 Å². The number of hydrogen-bond donors (Lipinski definition) is 1. The molecule has 28 heavy (non-hydrogen) atoms. The first-order valence-corrected chi connectivity index (χ1v) is 12.1. The summed E-state index contributed by atoms with van der Waals surface area (Å²) in [5, 5.41) is 4.86. The summed E-state index contributed by atoms with van der Waals surface area (Å²) < 4.78 is 32.5. The van der Waals surface area contributed by atoms with Crippen molar-refractivity contribution in [3.8, 4) is 0 Å². The number of amides is 1. The van der Waals surface area contributed by atoms with Crippen molar-refractivity contribution in [3.05, 3.63) is 33.5 Å². The Morgan fingerprint density at radius 3 is 2.82 bits per heavy atom. The molecule has 1 amide bonds. The minimum atomic E-state index is -3.68. The molecule has 1 atom stereocenters. The first-order valence-electron chi connectivity index (χ1n) is 8.64. The smallest absolute Gasteiger partial charge is 0.341 e. The van der Waals surface area contributed by atoms with E-state index < -0.39 is 21.9 Å². The fourth-order valence-electron chi connectivity index (χ4n) is 2.93. The highest BCUT2D eigenvalue weighted by atomic mass is 35.5. The lowest BCUT2D eigenvalue weighted by Gasteiger charge is -2.30. The summed E-state index contributed by atoms with van der Waals surface area (Å²) in [7, 11) is -3.68. The maximum absolute atomic E-state index is 12.8. The molecular formula is C17H19ClN2O5S3. The van der Waals surface area contributed by atoms with Crippen LogP contribution in [0.4, 0.5) is 5.00 Å². The number of rotatable bonds is 6. The van der Waals surface area contributed by atoms with Crippen molar-refractivity contribution in [2.24, 2.45) is 5.92 Å². The van der Waals surface area contributed by atoms with E-state index in [1.807, 2.05) is 0 Å². The van der Waals surface area contributed by atoms with Gasteiger partial charge in [-0.05, 0) is 43.3 Å². The van der Waals surface area contributed by atoms with E-state index in [2.05, 4.69) is 5.32 Å². The van der Waals surface area contributed by atoms with Crippen molar-refractivity contribution in [3.63, 3.8) is 0 Å². The number of halogens is 1. The van der Waals surface area contributed by atoms with E-state index in [9.17, 15) is 18.0 Å². The number of hydrogen-bond acceptors (Lipinski definition) is 7. The van der Waals surface area contributed by atoms with Gasteiger partial charge in [-0.25, -0.2) is 13.2 Å². The van der Waals surface area contributed by atoms with Crippen LogP contribution in [0.2, 0.25) is 4.34 Å². The molecule has 1 N–H and O–H groups in total. The molecule has 3 rings (SSSR count). The Labute approximate surface area is 176 Å². The zero-order chi connectivity index (χ0) is 20.3. The third-order valence-corrected chi connectivity index (χ3v) is 8.69. The average Bonchev–Trinajstić information content (AvgIpc) is 3.31. The number of anilines is 1. The van der Waals surface area contributed by atoms with Crippen LogP contribution in [0.15, 0.2) is 27.8 Å². The number of nitrogens with zero attached hydrogens (tertiary/aromatic N) is 1. The molecule has 0 aliphatic carbocycles. The third-order valence-electron chi connectivity index (χ3n) is 4.29. The van der Waals surface area contributed by atoms with Gasteiger partial charge in [0, 0.05) is 13.1 Å². The van der Waals surface area contributed by atoms with E-state index in [4.69, 9.17) is 16.3 Å². The number of sulfonamides is 1. The Morgan fingerprint density at radius 1 is 1.36 bits per heavy atom. The van der Waals surface area contributed by atoms with Gasteiger partial charge in [-0.3, -0.25) is 4.79 Å². The summed E-state index contributed by atoms with van der Waals surface area (Å²) in [6.07, 6.45) is 1.15. The summed E-state index contributed by atoms with van der Waals surface area (Å²) in [5.74, 6) is -1.31. The van der Waals surface area contributed by atoms with Crippen molar-refractivity contribution in [2.45, 2.75) is 24.0 Å². The van der Waals surface area contributed by atoms with Crippen molar-refractivity contribution in [1.29, 1.82) is 0 Å². The molecular weight excluding hydrogens is 444 g/mol. The van der Waals surface area contributed by atoms with E-state index >= 15 is 0 Å². The number of esters is 1. The first kappa shape index (κ1) is 21.3. The molecule has 152 valence electrons. The van der Waals surface area contributed by atoms with Gasteiger partial charge in [-0.2, -0.15) is 4.31 Å². The van der Waals surface area contributed by atoms with Crippen LogP contribution in [0.5, 0.6) is 0 Å². The Balaban J connectivity index is 1.70. The highest BCUT2D eigenvalue weighted by Gasteiger charge is 2.34. The molecule has 1 fully saturated rings. The van der Waals surface area contributed by atoms with E-state index in [1.165, 1.54) is 21.7 Å². The number of nitrogens with one attached hydrogen (secondary N) is 1. The molecule has 0 radical (unpaired) electrons. The fraction of sp³-hybridized carbons (Fsp3) is 0.412. The summed E-state index contributed by atoms with van der Waals surface area (Å²) in [4.78, 5) is 24.7. The summed E-state index contributed by atoms with van der Waals surface area (Å²) in [6, 6.07) is 4.61. The van der Waals surface area contributed by atoms with Crippen LogP contribution in [0.3, 0.4) is 0 Å². The summed E-state index contributed by atoms with van der Waals surface area (Å²) >= 11 is 8.08. The Bertz CT molecular complexity index is 969. The number of carbonyl (C=O) groups excluding carboxylic acids is 2. The van der Waals surface area contributed by atoms with E-state index in [1.54, 1.807) is 24.4 Å². The second-order valence-corrected chi connectivity index (χ2v) is 10.9. The van der Waals surface area contributed by atoms with Gasteiger partial charge in [0.05, 0.1) is 22.4 Å². The zero-order valence-corrected chi connectivity index (χ0v) is 18.2. The molecule has 2 aromatic rings. The minimum absolute atomic E-state index is 0.0871. The normalized spacial score (nSPS) is 18.0. The number of ether oxygens (including phenoxy) is 1. The Hall–Kier alpha value is -1.46.